The summed E-state index contributed by atoms with van der Waals surface area (Å²) in [5.41, 5.74) is 0. The molecule has 2 rings (SSSR count). The van der Waals surface area contributed by atoms with E-state index in [2.05, 4.69) is 20.5 Å². The highest BCUT2D eigenvalue weighted by molar-refractivity contribution is 7.12. The van der Waals surface area contributed by atoms with E-state index in [1.807, 2.05) is 0 Å². The molecule has 78 valence electrons. The Balaban J connectivity index is 2.15. The average Bonchev–Trinajstić information content (AvgIpc) is 2.86. The zero-order valence-electron chi connectivity index (χ0n) is 7.85. The summed E-state index contributed by atoms with van der Waals surface area (Å²) in [6, 6.07) is 1.74. The standard InChI is InChI=1S/C8H8N4O2S/c1-14-5-2-3-15-6(5)7(13)11-8-9-4-10-12-8/h2-4H,1H3,(H2,9,10,11,12,13). The van der Waals surface area contributed by atoms with Gasteiger partial charge in [-0.25, -0.2) is 5.10 Å². The summed E-state index contributed by atoms with van der Waals surface area (Å²) < 4.78 is 5.03. The number of ether oxygens (including phenoxy) is 1. The van der Waals surface area contributed by atoms with Gasteiger partial charge >= 0.3 is 0 Å². The Bertz CT molecular complexity index is 451. The van der Waals surface area contributed by atoms with Crippen LogP contribution in [0.25, 0.3) is 0 Å². The molecule has 1 amide bonds. The molecular weight excluding hydrogens is 216 g/mol. The molecule has 2 aromatic rings. The third kappa shape index (κ3) is 1.96. The Kier molecular flexibility index (Phi) is 2.64. The van der Waals surface area contributed by atoms with Gasteiger partial charge in [-0.05, 0) is 11.4 Å². The van der Waals surface area contributed by atoms with Crippen molar-refractivity contribution in [3.8, 4) is 5.75 Å². The molecular formula is C8H8N4O2S. The van der Waals surface area contributed by atoms with E-state index in [9.17, 15) is 4.79 Å². The molecule has 0 aliphatic heterocycles. The number of hydrogen-bond acceptors (Lipinski definition) is 5. The van der Waals surface area contributed by atoms with Crippen LogP contribution in [0.2, 0.25) is 0 Å². The summed E-state index contributed by atoms with van der Waals surface area (Å²) in [7, 11) is 1.52. The van der Waals surface area contributed by atoms with Gasteiger partial charge in [0, 0.05) is 0 Å². The SMILES string of the molecule is COc1ccsc1C(=O)Nc1ncn[nH]1. The number of hydrogen-bond donors (Lipinski definition) is 2. The van der Waals surface area contributed by atoms with Gasteiger partial charge in [-0.2, -0.15) is 10.1 Å². The molecule has 0 radical (unpaired) electrons. The van der Waals surface area contributed by atoms with E-state index in [-0.39, 0.29) is 5.91 Å². The van der Waals surface area contributed by atoms with Crippen molar-refractivity contribution in [1.82, 2.24) is 15.2 Å². The number of thiophene rings is 1. The number of nitrogens with one attached hydrogen (secondary N) is 2. The van der Waals surface area contributed by atoms with Crippen LogP contribution < -0.4 is 10.1 Å². The molecule has 0 fully saturated rings. The van der Waals surface area contributed by atoms with Gasteiger partial charge in [0.25, 0.3) is 5.91 Å². The predicted molar refractivity (Wildman–Crippen MR) is 55.2 cm³/mol. The maximum absolute atomic E-state index is 11.7. The third-order valence-corrected chi connectivity index (χ3v) is 2.60. The van der Waals surface area contributed by atoms with E-state index >= 15 is 0 Å². The lowest BCUT2D eigenvalue weighted by Gasteiger charge is -2.01. The van der Waals surface area contributed by atoms with Gasteiger partial charge in [0.2, 0.25) is 5.95 Å². The van der Waals surface area contributed by atoms with Gasteiger partial charge in [-0.15, -0.1) is 11.3 Å². The molecule has 0 unspecified atom stereocenters. The predicted octanol–water partition coefficient (Wildman–Crippen LogP) is 1.13. The number of carbonyl (C=O) groups is 1. The second-order valence-corrected chi connectivity index (χ2v) is 3.52. The van der Waals surface area contributed by atoms with E-state index in [1.54, 1.807) is 11.4 Å². The Morgan fingerprint density at radius 2 is 2.53 bits per heavy atom. The molecule has 0 bridgehead atoms. The molecule has 0 aliphatic rings. The summed E-state index contributed by atoms with van der Waals surface area (Å²) in [5.74, 6) is 0.603. The molecule has 0 saturated heterocycles. The normalized spacial score (nSPS) is 9.93. The van der Waals surface area contributed by atoms with Crippen LogP contribution in [0.3, 0.4) is 0 Å². The third-order valence-electron chi connectivity index (χ3n) is 1.70. The number of rotatable bonds is 3. The lowest BCUT2D eigenvalue weighted by Crippen LogP contribution is -2.12. The smallest absolute Gasteiger partial charge is 0.271 e. The summed E-state index contributed by atoms with van der Waals surface area (Å²) in [6.07, 6.45) is 1.32. The number of methoxy groups -OCH3 is 1. The van der Waals surface area contributed by atoms with Crippen molar-refractivity contribution in [3.05, 3.63) is 22.7 Å². The maximum Gasteiger partial charge on any atom is 0.271 e. The minimum atomic E-state index is -0.265. The molecule has 2 N–H and O–H groups in total. The molecule has 6 nitrogen and oxygen atoms in total. The summed E-state index contributed by atoms with van der Waals surface area (Å²) in [5, 5.41) is 10.5. The van der Waals surface area contributed by atoms with Crippen molar-refractivity contribution < 1.29 is 9.53 Å². The largest absolute Gasteiger partial charge is 0.495 e. The second kappa shape index (κ2) is 4.09. The molecule has 7 heteroatoms. The fraction of sp³-hybridized carbons (Fsp3) is 0.125. The van der Waals surface area contributed by atoms with Crippen molar-refractivity contribution in [2.75, 3.05) is 12.4 Å². The van der Waals surface area contributed by atoms with Crippen molar-refractivity contribution >= 4 is 23.2 Å². The van der Waals surface area contributed by atoms with Gasteiger partial charge in [-0.3, -0.25) is 10.1 Å². The van der Waals surface area contributed by atoms with Crippen molar-refractivity contribution in [2.45, 2.75) is 0 Å². The van der Waals surface area contributed by atoms with Crippen LogP contribution in [-0.2, 0) is 0 Å². The zero-order chi connectivity index (χ0) is 10.7. The van der Waals surface area contributed by atoms with Crippen molar-refractivity contribution in [2.24, 2.45) is 0 Å². The lowest BCUT2D eigenvalue weighted by molar-refractivity contribution is 0.102. The quantitative estimate of drug-likeness (QED) is 0.818. The van der Waals surface area contributed by atoms with Gasteiger partial charge < -0.3 is 4.74 Å². The van der Waals surface area contributed by atoms with Crippen molar-refractivity contribution in [1.29, 1.82) is 0 Å². The van der Waals surface area contributed by atoms with Gasteiger partial charge in [-0.1, -0.05) is 0 Å². The Labute approximate surface area is 89.3 Å². The fourth-order valence-corrected chi connectivity index (χ4v) is 1.81. The highest BCUT2D eigenvalue weighted by Crippen LogP contribution is 2.24. The van der Waals surface area contributed by atoms with E-state index in [0.717, 1.165) is 0 Å². The number of nitrogens with zero attached hydrogens (tertiary/aromatic N) is 2. The Morgan fingerprint density at radius 1 is 1.67 bits per heavy atom. The molecule has 2 heterocycles. The first-order valence-corrected chi connectivity index (χ1v) is 4.97. The summed E-state index contributed by atoms with van der Waals surface area (Å²) in [6.45, 7) is 0. The van der Waals surface area contributed by atoms with Gasteiger partial charge in [0.15, 0.2) is 0 Å². The molecule has 0 atom stereocenters. The molecule has 0 saturated carbocycles. The first kappa shape index (κ1) is 9.66. The molecule has 15 heavy (non-hydrogen) atoms. The highest BCUT2D eigenvalue weighted by atomic mass is 32.1. The number of aromatic nitrogens is 3. The van der Waals surface area contributed by atoms with E-state index in [0.29, 0.717) is 16.6 Å². The Morgan fingerprint density at radius 3 is 3.20 bits per heavy atom. The average molecular weight is 224 g/mol. The van der Waals surface area contributed by atoms with Crippen LogP contribution >= 0.6 is 11.3 Å². The number of carbonyl (C=O) groups excluding carboxylic acids is 1. The van der Waals surface area contributed by atoms with Gasteiger partial charge in [0.1, 0.15) is 17.0 Å². The first-order valence-electron chi connectivity index (χ1n) is 4.09. The number of H-pyrrole nitrogens is 1. The topological polar surface area (TPSA) is 79.9 Å². The first-order chi connectivity index (χ1) is 7.31. The number of amides is 1. The molecule has 2 aromatic heterocycles. The van der Waals surface area contributed by atoms with Crippen LogP contribution in [0.15, 0.2) is 17.8 Å². The fourth-order valence-electron chi connectivity index (χ4n) is 1.05. The van der Waals surface area contributed by atoms with E-state index < -0.39 is 0 Å². The van der Waals surface area contributed by atoms with Crippen LogP contribution in [0.4, 0.5) is 5.95 Å². The highest BCUT2D eigenvalue weighted by Gasteiger charge is 2.14. The number of anilines is 1. The van der Waals surface area contributed by atoms with Crippen molar-refractivity contribution in [3.63, 3.8) is 0 Å². The van der Waals surface area contributed by atoms with Crippen LogP contribution in [0.5, 0.6) is 5.75 Å². The van der Waals surface area contributed by atoms with Crippen LogP contribution in [0, 0.1) is 0 Å². The van der Waals surface area contributed by atoms with E-state index in [4.69, 9.17) is 4.74 Å². The summed E-state index contributed by atoms with van der Waals surface area (Å²) >= 11 is 1.30. The molecule has 0 aromatic carbocycles. The second-order valence-electron chi connectivity index (χ2n) is 2.61. The number of aromatic amines is 1. The van der Waals surface area contributed by atoms with Crippen LogP contribution in [-0.4, -0.2) is 28.2 Å². The lowest BCUT2D eigenvalue weighted by atomic mass is 10.4. The monoisotopic (exact) mass is 224 g/mol. The maximum atomic E-state index is 11.7. The van der Waals surface area contributed by atoms with Crippen LogP contribution in [0.1, 0.15) is 9.67 Å². The molecule has 0 spiro atoms. The minimum Gasteiger partial charge on any atom is -0.495 e. The zero-order valence-corrected chi connectivity index (χ0v) is 8.67. The minimum absolute atomic E-state index is 0.265. The Hall–Kier alpha value is -1.89. The van der Waals surface area contributed by atoms with E-state index in [1.165, 1.54) is 24.8 Å². The molecule has 0 aliphatic carbocycles. The summed E-state index contributed by atoms with van der Waals surface area (Å²) in [4.78, 5) is 16.0. The van der Waals surface area contributed by atoms with Gasteiger partial charge in [0.05, 0.1) is 7.11 Å².